The molecule has 114 valence electrons. The summed E-state index contributed by atoms with van der Waals surface area (Å²) in [5, 5.41) is 8.99. The molecule has 2 aromatic heterocycles. The van der Waals surface area contributed by atoms with Gasteiger partial charge < -0.3 is 10.0 Å². The van der Waals surface area contributed by atoms with E-state index in [1.807, 2.05) is 13.0 Å². The van der Waals surface area contributed by atoms with E-state index in [0.29, 0.717) is 18.6 Å². The van der Waals surface area contributed by atoms with Gasteiger partial charge in [0.25, 0.3) is 11.5 Å². The first-order valence-electron chi connectivity index (χ1n) is 6.97. The molecule has 1 saturated heterocycles. The molecule has 1 aliphatic rings. The van der Waals surface area contributed by atoms with Crippen molar-refractivity contribution in [1.82, 2.24) is 14.3 Å². The van der Waals surface area contributed by atoms with Crippen LogP contribution in [0.2, 0.25) is 0 Å². The number of pyridine rings is 1. The standard InChI is InChI=1S/C15H15N3O4/c1-9-2-3-12-16-6-11(14(20)18(12)7-9)13(19)17-5-4-10(8-17)15(21)22/h2-3,6-7,10H,4-5,8H2,1H3,(H,21,22). The molecule has 1 atom stereocenters. The summed E-state index contributed by atoms with van der Waals surface area (Å²) in [6.07, 6.45) is 3.30. The molecule has 7 heteroatoms. The van der Waals surface area contributed by atoms with Gasteiger partial charge in [0.15, 0.2) is 0 Å². The van der Waals surface area contributed by atoms with Gasteiger partial charge in [0.05, 0.1) is 5.92 Å². The van der Waals surface area contributed by atoms with Crippen molar-refractivity contribution in [2.75, 3.05) is 13.1 Å². The fourth-order valence-corrected chi connectivity index (χ4v) is 2.65. The van der Waals surface area contributed by atoms with Gasteiger partial charge in [-0.2, -0.15) is 0 Å². The Bertz CT molecular complexity index is 827. The Balaban J connectivity index is 1.97. The largest absolute Gasteiger partial charge is 0.481 e. The molecule has 3 heterocycles. The van der Waals surface area contributed by atoms with Crippen LogP contribution in [0.5, 0.6) is 0 Å². The van der Waals surface area contributed by atoms with Gasteiger partial charge in [0, 0.05) is 25.5 Å². The SMILES string of the molecule is Cc1ccc2ncc(C(=O)N3CCC(C(=O)O)C3)c(=O)n2c1. The lowest BCUT2D eigenvalue weighted by Crippen LogP contribution is -2.35. The Labute approximate surface area is 125 Å². The van der Waals surface area contributed by atoms with Crippen LogP contribution in [0.1, 0.15) is 22.3 Å². The van der Waals surface area contributed by atoms with Gasteiger partial charge in [-0.05, 0) is 25.0 Å². The highest BCUT2D eigenvalue weighted by molar-refractivity contribution is 5.94. The number of fused-ring (bicyclic) bond motifs is 1. The normalized spacial score (nSPS) is 17.9. The fourth-order valence-electron chi connectivity index (χ4n) is 2.65. The summed E-state index contributed by atoms with van der Waals surface area (Å²) in [7, 11) is 0. The Hall–Kier alpha value is -2.70. The first-order valence-corrected chi connectivity index (χ1v) is 6.97. The van der Waals surface area contributed by atoms with Crippen molar-refractivity contribution in [2.24, 2.45) is 5.92 Å². The lowest BCUT2D eigenvalue weighted by molar-refractivity contribution is -0.141. The van der Waals surface area contributed by atoms with Crippen LogP contribution in [0.3, 0.4) is 0 Å². The molecule has 22 heavy (non-hydrogen) atoms. The van der Waals surface area contributed by atoms with E-state index in [-0.39, 0.29) is 12.1 Å². The summed E-state index contributed by atoms with van der Waals surface area (Å²) >= 11 is 0. The summed E-state index contributed by atoms with van der Waals surface area (Å²) in [4.78, 5) is 41.4. The monoisotopic (exact) mass is 301 g/mol. The highest BCUT2D eigenvalue weighted by atomic mass is 16.4. The number of likely N-dealkylation sites (tertiary alicyclic amines) is 1. The molecular formula is C15H15N3O4. The molecular weight excluding hydrogens is 286 g/mol. The van der Waals surface area contributed by atoms with Crippen LogP contribution in [0, 0.1) is 12.8 Å². The minimum Gasteiger partial charge on any atom is -0.481 e. The summed E-state index contributed by atoms with van der Waals surface area (Å²) in [5.74, 6) is -1.95. The van der Waals surface area contributed by atoms with Crippen LogP contribution >= 0.6 is 0 Å². The zero-order valence-electron chi connectivity index (χ0n) is 12.0. The van der Waals surface area contributed by atoms with Crippen molar-refractivity contribution >= 4 is 17.5 Å². The van der Waals surface area contributed by atoms with E-state index in [1.165, 1.54) is 15.5 Å². The number of aliphatic carboxylic acids is 1. The maximum absolute atomic E-state index is 12.5. The molecule has 1 fully saturated rings. The second kappa shape index (κ2) is 5.25. The van der Waals surface area contributed by atoms with Crippen molar-refractivity contribution in [2.45, 2.75) is 13.3 Å². The number of aromatic nitrogens is 2. The van der Waals surface area contributed by atoms with Crippen molar-refractivity contribution in [3.63, 3.8) is 0 Å². The number of nitrogens with zero attached hydrogens (tertiary/aromatic N) is 3. The van der Waals surface area contributed by atoms with E-state index in [4.69, 9.17) is 5.11 Å². The highest BCUT2D eigenvalue weighted by Gasteiger charge is 2.32. The van der Waals surface area contributed by atoms with Crippen LogP contribution in [0.15, 0.2) is 29.3 Å². The number of carbonyl (C=O) groups is 2. The molecule has 1 unspecified atom stereocenters. The zero-order valence-corrected chi connectivity index (χ0v) is 12.0. The maximum Gasteiger partial charge on any atom is 0.308 e. The number of amides is 1. The predicted octanol–water partition coefficient (Wildman–Crippen LogP) is 0.550. The minimum absolute atomic E-state index is 0.0332. The molecule has 3 rings (SSSR count). The number of rotatable bonds is 2. The second-order valence-electron chi connectivity index (χ2n) is 5.49. The third kappa shape index (κ3) is 2.34. The highest BCUT2D eigenvalue weighted by Crippen LogP contribution is 2.18. The van der Waals surface area contributed by atoms with Gasteiger partial charge in [0.2, 0.25) is 0 Å². The summed E-state index contributed by atoms with van der Waals surface area (Å²) < 4.78 is 1.34. The van der Waals surface area contributed by atoms with E-state index < -0.39 is 23.4 Å². The number of carboxylic acid groups (broad SMARTS) is 1. The number of carboxylic acids is 1. The van der Waals surface area contributed by atoms with Gasteiger partial charge in [0.1, 0.15) is 11.2 Å². The second-order valence-corrected chi connectivity index (χ2v) is 5.49. The molecule has 0 aliphatic carbocycles. The minimum atomic E-state index is -0.917. The molecule has 0 aromatic carbocycles. The van der Waals surface area contributed by atoms with E-state index >= 15 is 0 Å². The van der Waals surface area contributed by atoms with Crippen LogP contribution in [0.4, 0.5) is 0 Å². The number of aryl methyl sites for hydroxylation is 1. The van der Waals surface area contributed by atoms with Gasteiger partial charge in [-0.15, -0.1) is 0 Å². The average Bonchev–Trinajstić information content (AvgIpc) is 2.98. The van der Waals surface area contributed by atoms with Crippen LogP contribution in [0.25, 0.3) is 5.65 Å². The Kier molecular flexibility index (Phi) is 3.40. The molecule has 1 N–H and O–H groups in total. The molecule has 0 saturated carbocycles. The van der Waals surface area contributed by atoms with Crippen molar-refractivity contribution in [1.29, 1.82) is 0 Å². The summed E-state index contributed by atoms with van der Waals surface area (Å²) in [6, 6.07) is 3.54. The molecule has 1 amide bonds. The lowest BCUT2D eigenvalue weighted by Gasteiger charge is -2.15. The van der Waals surface area contributed by atoms with E-state index in [9.17, 15) is 14.4 Å². The van der Waals surface area contributed by atoms with Crippen molar-refractivity contribution in [3.8, 4) is 0 Å². The van der Waals surface area contributed by atoms with E-state index in [0.717, 1.165) is 5.56 Å². The summed E-state index contributed by atoms with van der Waals surface area (Å²) in [5.41, 5.74) is 0.886. The molecule has 2 aromatic rings. The first kappa shape index (κ1) is 14.2. The topological polar surface area (TPSA) is 92.0 Å². The zero-order chi connectivity index (χ0) is 15.9. The summed E-state index contributed by atoms with van der Waals surface area (Å²) in [6.45, 7) is 2.31. The Morgan fingerprint density at radius 3 is 2.82 bits per heavy atom. The molecule has 0 bridgehead atoms. The van der Waals surface area contributed by atoms with Crippen molar-refractivity contribution < 1.29 is 14.7 Å². The number of hydrogen-bond donors (Lipinski definition) is 1. The van der Waals surface area contributed by atoms with E-state index in [2.05, 4.69) is 4.98 Å². The first-order chi connectivity index (χ1) is 10.5. The van der Waals surface area contributed by atoms with Gasteiger partial charge in [-0.25, -0.2) is 4.98 Å². The Morgan fingerprint density at radius 2 is 2.14 bits per heavy atom. The van der Waals surface area contributed by atoms with Crippen LogP contribution in [-0.4, -0.2) is 44.4 Å². The third-order valence-corrected chi connectivity index (χ3v) is 3.91. The van der Waals surface area contributed by atoms with Crippen LogP contribution < -0.4 is 5.56 Å². The molecule has 0 radical (unpaired) electrons. The maximum atomic E-state index is 12.5. The number of hydrogen-bond acceptors (Lipinski definition) is 4. The predicted molar refractivity (Wildman–Crippen MR) is 77.8 cm³/mol. The fraction of sp³-hybridized carbons (Fsp3) is 0.333. The Morgan fingerprint density at radius 1 is 1.36 bits per heavy atom. The third-order valence-electron chi connectivity index (χ3n) is 3.91. The molecule has 7 nitrogen and oxygen atoms in total. The molecule has 0 spiro atoms. The smallest absolute Gasteiger partial charge is 0.308 e. The van der Waals surface area contributed by atoms with Gasteiger partial charge in [-0.3, -0.25) is 18.8 Å². The van der Waals surface area contributed by atoms with Crippen molar-refractivity contribution in [3.05, 3.63) is 46.0 Å². The molecule has 1 aliphatic heterocycles. The van der Waals surface area contributed by atoms with Gasteiger partial charge >= 0.3 is 5.97 Å². The number of carbonyl (C=O) groups excluding carboxylic acids is 1. The lowest BCUT2D eigenvalue weighted by atomic mass is 10.1. The van der Waals surface area contributed by atoms with E-state index in [1.54, 1.807) is 12.3 Å². The van der Waals surface area contributed by atoms with Crippen LogP contribution in [-0.2, 0) is 4.79 Å². The van der Waals surface area contributed by atoms with Gasteiger partial charge in [-0.1, -0.05) is 6.07 Å². The quantitative estimate of drug-likeness (QED) is 0.874. The average molecular weight is 301 g/mol.